The van der Waals surface area contributed by atoms with E-state index in [0.29, 0.717) is 23.7 Å². The van der Waals surface area contributed by atoms with Gasteiger partial charge in [0.25, 0.3) is 5.03 Å². The quantitative estimate of drug-likeness (QED) is 0.162. The molecule has 40 heavy (non-hydrogen) atoms. The molecule has 0 aliphatic carbocycles. The SMILES string of the molecule is CC(=O)NCc1cccc(-c2ccc([C@H]3O[C@@H](CSc4cccc[n+]4[O-])C[C@@H](c4ccc(CO)cc4)O3)cc2)c1. The molecule has 1 aliphatic rings. The number of rotatable bonds is 9. The van der Waals surface area contributed by atoms with Crippen LogP contribution in [0.3, 0.4) is 0 Å². The predicted octanol–water partition coefficient (Wildman–Crippen LogP) is 5.45. The number of aliphatic hydroxyl groups is 1. The number of benzene rings is 3. The van der Waals surface area contributed by atoms with Gasteiger partial charge in [-0.3, -0.25) is 4.79 Å². The van der Waals surface area contributed by atoms with Gasteiger partial charge < -0.3 is 25.1 Å². The third kappa shape index (κ3) is 7.08. The van der Waals surface area contributed by atoms with Crippen molar-refractivity contribution in [1.82, 2.24) is 5.32 Å². The van der Waals surface area contributed by atoms with Crippen LogP contribution in [0.25, 0.3) is 11.1 Å². The first-order chi connectivity index (χ1) is 19.5. The minimum atomic E-state index is -0.572. The van der Waals surface area contributed by atoms with Gasteiger partial charge >= 0.3 is 0 Å². The highest BCUT2D eigenvalue weighted by Gasteiger charge is 2.32. The Hall–Kier alpha value is -3.69. The van der Waals surface area contributed by atoms with Gasteiger partial charge in [-0.15, -0.1) is 0 Å². The Morgan fingerprint density at radius 1 is 0.950 bits per heavy atom. The zero-order valence-corrected chi connectivity index (χ0v) is 23.1. The summed E-state index contributed by atoms with van der Waals surface area (Å²) in [6, 6.07) is 29.4. The normalized spacial score (nSPS) is 18.8. The molecule has 7 nitrogen and oxygen atoms in total. The van der Waals surface area contributed by atoms with Gasteiger partial charge in [0.1, 0.15) is 0 Å². The molecule has 3 aromatic carbocycles. The molecular weight excluding hydrogens is 524 g/mol. The van der Waals surface area contributed by atoms with Gasteiger partial charge in [0.05, 0.1) is 18.8 Å². The molecule has 206 valence electrons. The van der Waals surface area contributed by atoms with Crippen molar-refractivity contribution in [3.8, 4) is 11.1 Å². The van der Waals surface area contributed by atoms with Crippen molar-refractivity contribution in [1.29, 1.82) is 0 Å². The Balaban J connectivity index is 1.34. The maximum Gasteiger partial charge on any atom is 0.251 e. The summed E-state index contributed by atoms with van der Waals surface area (Å²) in [5, 5.41) is 25.1. The lowest BCUT2D eigenvalue weighted by molar-refractivity contribution is -0.645. The van der Waals surface area contributed by atoms with Crippen molar-refractivity contribution < 1.29 is 24.1 Å². The topological polar surface area (TPSA) is 94.7 Å². The molecule has 0 saturated carbocycles. The first-order valence-electron chi connectivity index (χ1n) is 13.2. The predicted molar refractivity (Wildman–Crippen MR) is 154 cm³/mol. The molecule has 8 heteroatoms. The Morgan fingerprint density at radius 2 is 1.73 bits per heavy atom. The summed E-state index contributed by atoms with van der Waals surface area (Å²) in [5.41, 5.74) is 5.92. The molecule has 2 N–H and O–H groups in total. The van der Waals surface area contributed by atoms with Crippen LogP contribution in [0.2, 0.25) is 0 Å². The number of amides is 1. The Labute approximate surface area is 238 Å². The second-order valence-corrected chi connectivity index (χ2v) is 10.8. The van der Waals surface area contributed by atoms with Gasteiger partial charge in [0.15, 0.2) is 12.5 Å². The number of carbonyl (C=O) groups excluding carboxylic acids is 1. The van der Waals surface area contributed by atoms with E-state index < -0.39 is 6.29 Å². The fourth-order valence-corrected chi connectivity index (χ4v) is 5.58. The number of pyridine rings is 1. The molecule has 1 fully saturated rings. The van der Waals surface area contributed by atoms with Crippen molar-refractivity contribution >= 4 is 17.7 Å². The van der Waals surface area contributed by atoms with E-state index in [1.54, 1.807) is 6.07 Å². The number of nitrogens with zero attached hydrogens (tertiary/aromatic N) is 1. The third-order valence-electron chi connectivity index (χ3n) is 6.81. The molecule has 0 bridgehead atoms. The van der Waals surface area contributed by atoms with Gasteiger partial charge in [-0.25, -0.2) is 0 Å². The number of aliphatic hydroxyl groups excluding tert-OH is 1. The van der Waals surface area contributed by atoms with Crippen LogP contribution < -0.4 is 10.0 Å². The molecule has 1 aromatic heterocycles. The van der Waals surface area contributed by atoms with Crippen LogP contribution in [0.4, 0.5) is 0 Å². The van der Waals surface area contributed by atoms with Crippen LogP contribution in [-0.2, 0) is 27.4 Å². The van der Waals surface area contributed by atoms with E-state index in [1.807, 2.05) is 78.9 Å². The van der Waals surface area contributed by atoms with Crippen LogP contribution in [0.1, 0.15) is 48.0 Å². The second-order valence-electron chi connectivity index (χ2n) is 9.76. The number of nitrogens with one attached hydrogen (secondary N) is 1. The smallest absolute Gasteiger partial charge is 0.251 e. The summed E-state index contributed by atoms with van der Waals surface area (Å²) in [5.74, 6) is 0.550. The highest BCUT2D eigenvalue weighted by atomic mass is 32.2. The maximum absolute atomic E-state index is 12.2. The summed E-state index contributed by atoms with van der Waals surface area (Å²) >= 11 is 1.47. The number of thioether (sulfide) groups is 1. The average Bonchev–Trinajstić information content (AvgIpc) is 3.00. The first kappa shape index (κ1) is 27.9. The second kappa shape index (κ2) is 13.1. The number of carbonyl (C=O) groups is 1. The van der Waals surface area contributed by atoms with E-state index in [2.05, 4.69) is 11.4 Å². The highest BCUT2D eigenvalue weighted by Crippen LogP contribution is 2.39. The molecule has 5 rings (SSSR count). The fraction of sp³-hybridized carbons (Fsp3) is 0.250. The number of hydrogen-bond acceptors (Lipinski definition) is 6. The lowest BCUT2D eigenvalue weighted by Crippen LogP contribution is -2.32. The minimum Gasteiger partial charge on any atom is -0.618 e. The molecule has 1 saturated heterocycles. The summed E-state index contributed by atoms with van der Waals surface area (Å²) in [4.78, 5) is 11.3. The lowest BCUT2D eigenvalue weighted by atomic mass is 9.99. The van der Waals surface area contributed by atoms with E-state index >= 15 is 0 Å². The summed E-state index contributed by atoms with van der Waals surface area (Å²) in [7, 11) is 0. The van der Waals surface area contributed by atoms with Crippen LogP contribution in [0.5, 0.6) is 0 Å². The summed E-state index contributed by atoms with van der Waals surface area (Å²) in [6.45, 7) is 1.99. The molecule has 0 radical (unpaired) electrons. The zero-order chi connectivity index (χ0) is 27.9. The van der Waals surface area contributed by atoms with Gasteiger partial charge in [-0.1, -0.05) is 78.5 Å². The lowest BCUT2D eigenvalue weighted by Gasteiger charge is -2.36. The summed E-state index contributed by atoms with van der Waals surface area (Å²) in [6.07, 6.45) is 1.23. The highest BCUT2D eigenvalue weighted by molar-refractivity contribution is 7.99. The van der Waals surface area contributed by atoms with E-state index in [0.717, 1.165) is 38.1 Å². The minimum absolute atomic E-state index is 0.00836. The average molecular weight is 557 g/mol. The van der Waals surface area contributed by atoms with Crippen LogP contribution >= 0.6 is 11.8 Å². The third-order valence-corrected chi connectivity index (χ3v) is 7.96. The van der Waals surface area contributed by atoms with E-state index in [-0.39, 0.29) is 24.7 Å². The maximum atomic E-state index is 12.2. The monoisotopic (exact) mass is 556 g/mol. The van der Waals surface area contributed by atoms with Crippen molar-refractivity contribution in [3.05, 3.63) is 125 Å². The van der Waals surface area contributed by atoms with Crippen molar-refractivity contribution in [2.75, 3.05) is 5.75 Å². The van der Waals surface area contributed by atoms with Gasteiger partial charge in [-0.2, -0.15) is 4.73 Å². The Morgan fingerprint density at radius 3 is 2.45 bits per heavy atom. The van der Waals surface area contributed by atoms with Crippen LogP contribution in [0, 0.1) is 5.21 Å². The first-order valence-corrected chi connectivity index (χ1v) is 14.2. The van der Waals surface area contributed by atoms with Crippen LogP contribution in [-0.4, -0.2) is 22.9 Å². The fourth-order valence-electron chi connectivity index (χ4n) is 4.65. The van der Waals surface area contributed by atoms with Crippen molar-refractivity contribution in [3.63, 3.8) is 0 Å². The molecule has 4 aromatic rings. The van der Waals surface area contributed by atoms with E-state index in [4.69, 9.17) is 9.47 Å². The number of aromatic nitrogens is 1. The molecule has 1 aliphatic heterocycles. The van der Waals surface area contributed by atoms with Gasteiger partial charge in [0.2, 0.25) is 5.91 Å². The standard InChI is InChI=1S/C32H32N2O5S/c1-22(36)33-19-24-5-4-6-28(17-24)25-12-14-27(15-13-25)32-38-29(21-40-31-7-2-3-16-34(31)37)18-30(39-32)26-10-8-23(20-35)9-11-26/h2-17,29-30,32,35H,18-21H2,1H3,(H,33,36)/t29-,30+,32+/m1/s1. The van der Waals surface area contributed by atoms with Crippen molar-refractivity contribution in [2.24, 2.45) is 0 Å². The van der Waals surface area contributed by atoms with E-state index in [1.165, 1.54) is 24.9 Å². The molecule has 0 spiro atoms. The molecule has 0 unspecified atom stereocenters. The van der Waals surface area contributed by atoms with E-state index in [9.17, 15) is 15.1 Å². The Bertz CT molecular complexity index is 1430. The molecular formula is C32H32N2O5S. The van der Waals surface area contributed by atoms with Gasteiger partial charge in [0, 0.05) is 43.3 Å². The van der Waals surface area contributed by atoms with Crippen molar-refractivity contribution in [2.45, 2.75) is 50.0 Å². The zero-order valence-electron chi connectivity index (χ0n) is 22.2. The summed E-state index contributed by atoms with van der Waals surface area (Å²) < 4.78 is 13.7. The van der Waals surface area contributed by atoms with Gasteiger partial charge in [-0.05, 0) is 39.9 Å². The largest absolute Gasteiger partial charge is 0.618 e. The number of ether oxygens (including phenoxy) is 2. The molecule has 2 heterocycles. The molecule has 3 atom stereocenters. The number of hydrogen-bond donors (Lipinski definition) is 2. The Kier molecular flexibility index (Phi) is 9.13. The van der Waals surface area contributed by atoms with Crippen LogP contribution in [0.15, 0.2) is 102 Å². The molecule has 1 amide bonds.